The van der Waals surface area contributed by atoms with Crippen LogP contribution in [0.2, 0.25) is 0 Å². The molecule has 3 aromatic carbocycles. The molecule has 1 N–H and O–H groups in total. The highest BCUT2D eigenvalue weighted by atomic mass is 16.5. The van der Waals surface area contributed by atoms with E-state index in [2.05, 4.69) is 5.32 Å². The summed E-state index contributed by atoms with van der Waals surface area (Å²) in [5.74, 6) is -0.0998. The molecule has 1 aliphatic rings. The molecule has 0 spiro atoms. The molecular formula is C25H22N2O5. The van der Waals surface area contributed by atoms with Gasteiger partial charge in [0.05, 0.1) is 19.9 Å². The Kier molecular flexibility index (Phi) is 4.93. The van der Waals surface area contributed by atoms with Gasteiger partial charge in [0.15, 0.2) is 0 Å². The molecule has 4 aromatic rings. The molecule has 1 fully saturated rings. The topological polar surface area (TPSA) is 81.0 Å². The lowest BCUT2D eigenvalue weighted by molar-refractivity contribution is -0.129. The lowest BCUT2D eigenvalue weighted by Crippen LogP contribution is -2.33. The van der Waals surface area contributed by atoms with Crippen molar-refractivity contribution >= 4 is 45.1 Å². The Morgan fingerprint density at radius 2 is 1.78 bits per heavy atom. The minimum Gasteiger partial charge on any atom is -0.497 e. The van der Waals surface area contributed by atoms with E-state index in [0.29, 0.717) is 41.4 Å². The highest BCUT2D eigenvalue weighted by molar-refractivity contribution is 6.15. The highest BCUT2D eigenvalue weighted by Crippen LogP contribution is 2.40. The lowest BCUT2D eigenvalue weighted by atomic mass is 10.1. The zero-order valence-corrected chi connectivity index (χ0v) is 17.8. The van der Waals surface area contributed by atoms with E-state index in [1.807, 2.05) is 36.4 Å². The van der Waals surface area contributed by atoms with Gasteiger partial charge in [-0.05, 0) is 42.8 Å². The highest BCUT2D eigenvalue weighted by Gasteiger charge is 2.39. The Labute approximate surface area is 184 Å². The second-order valence-corrected chi connectivity index (χ2v) is 7.67. The number of hydrogen-bond donors (Lipinski definition) is 1. The first-order chi connectivity index (χ1) is 15.6. The van der Waals surface area contributed by atoms with Gasteiger partial charge in [0, 0.05) is 29.1 Å². The molecule has 1 unspecified atom stereocenters. The summed E-state index contributed by atoms with van der Waals surface area (Å²) in [6, 6.07) is 18.5. The first kappa shape index (κ1) is 19.9. The van der Waals surface area contributed by atoms with Crippen LogP contribution < -0.4 is 19.7 Å². The maximum absolute atomic E-state index is 13.2. The van der Waals surface area contributed by atoms with Crippen LogP contribution in [0, 0.1) is 5.92 Å². The van der Waals surface area contributed by atoms with Crippen molar-refractivity contribution in [3.63, 3.8) is 0 Å². The van der Waals surface area contributed by atoms with Crippen molar-refractivity contribution in [2.75, 3.05) is 31.0 Å². The molecule has 1 aliphatic heterocycles. The Morgan fingerprint density at radius 1 is 1.00 bits per heavy atom. The third-order valence-electron chi connectivity index (χ3n) is 5.85. The number of benzene rings is 3. The van der Waals surface area contributed by atoms with Gasteiger partial charge in [-0.1, -0.05) is 18.2 Å². The standard InChI is InChI=1S/C25H22N2O5/c1-30-16-9-7-15(8-10-16)26-24(28)18-11-12-27(25(18)29)20-14-22-19(13-23(20)31-2)17-5-3-4-6-21(17)32-22/h3-10,13-14,18H,11-12H2,1-2H3,(H,26,28). The zero-order valence-electron chi connectivity index (χ0n) is 17.8. The second-order valence-electron chi connectivity index (χ2n) is 7.67. The summed E-state index contributed by atoms with van der Waals surface area (Å²) in [5, 5.41) is 4.72. The van der Waals surface area contributed by atoms with E-state index in [-0.39, 0.29) is 11.8 Å². The van der Waals surface area contributed by atoms with Crippen molar-refractivity contribution in [1.82, 2.24) is 0 Å². The number of nitrogens with zero attached hydrogens (tertiary/aromatic N) is 1. The lowest BCUT2D eigenvalue weighted by Gasteiger charge is -2.19. The summed E-state index contributed by atoms with van der Waals surface area (Å²) >= 11 is 0. The minimum absolute atomic E-state index is 0.259. The average Bonchev–Trinajstić information content (AvgIpc) is 3.38. The van der Waals surface area contributed by atoms with Crippen molar-refractivity contribution in [2.24, 2.45) is 5.92 Å². The molecule has 0 bridgehead atoms. The normalized spacial score (nSPS) is 16.0. The van der Waals surface area contributed by atoms with Gasteiger partial charge >= 0.3 is 0 Å². The van der Waals surface area contributed by atoms with E-state index in [9.17, 15) is 9.59 Å². The number of anilines is 2. The van der Waals surface area contributed by atoms with Gasteiger partial charge < -0.3 is 24.1 Å². The van der Waals surface area contributed by atoms with Crippen LogP contribution in [0.15, 0.2) is 65.1 Å². The van der Waals surface area contributed by atoms with Gasteiger partial charge in [-0.2, -0.15) is 0 Å². The molecule has 2 amide bonds. The van der Waals surface area contributed by atoms with Crippen LogP contribution in [0.3, 0.4) is 0 Å². The number of amides is 2. The first-order valence-electron chi connectivity index (χ1n) is 10.3. The van der Waals surface area contributed by atoms with Gasteiger partial charge in [-0.15, -0.1) is 0 Å². The van der Waals surface area contributed by atoms with E-state index >= 15 is 0 Å². The Bertz CT molecular complexity index is 1330. The van der Waals surface area contributed by atoms with E-state index in [1.54, 1.807) is 43.4 Å². The number of ether oxygens (including phenoxy) is 2. The maximum Gasteiger partial charge on any atom is 0.239 e. The summed E-state index contributed by atoms with van der Waals surface area (Å²) in [6.07, 6.45) is 0.419. The molecule has 162 valence electrons. The first-order valence-corrected chi connectivity index (χ1v) is 10.3. The fraction of sp³-hybridized carbons (Fsp3) is 0.200. The fourth-order valence-electron chi connectivity index (χ4n) is 4.18. The number of fused-ring (bicyclic) bond motifs is 3. The molecule has 0 saturated carbocycles. The summed E-state index contributed by atoms with van der Waals surface area (Å²) in [4.78, 5) is 27.6. The molecule has 7 heteroatoms. The van der Waals surface area contributed by atoms with Crippen molar-refractivity contribution < 1.29 is 23.5 Å². The molecule has 5 rings (SSSR count). The molecular weight excluding hydrogens is 408 g/mol. The maximum atomic E-state index is 13.2. The quantitative estimate of drug-likeness (QED) is 0.468. The number of methoxy groups -OCH3 is 2. The number of nitrogens with one attached hydrogen (secondary N) is 1. The average molecular weight is 430 g/mol. The summed E-state index contributed by atoms with van der Waals surface area (Å²) in [6.45, 7) is 0.418. The van der Waals surface area contributed by atoms with Crippen molar-refractivity contribution in [2.45, 2.75) is 6.42 Å². The molecule has 1 aromatic heterocycles. The van der Waals surface area contributed by atoms with E-state index < -0.39 is 5.92 Å². The third-order valence-corrected chi connectivity index (χ3v) is 5.85. The van der Waals surface area contributed by atoms with Crippen LogP contribution in [0.5, 0.6) is 11.5 Å². The summed E-state index contributed by atoms with van der Waals surface area (Å²) in [5.41, 5.74) is 2.65. The van der Waals surface area contributed by atoms with E-state index in [1.165, 1.54) is 0 Å². The van der Waals surface area contributed by atoms with Crippen molar-refractivity contribution in [1.29, 1.82) is 0 Å². The Morgan fingerprint density at radius 3 is 2.53 bits per heavy atom. The molecule has 2 heterocycles. The van der Waals surface area contributed by atoms with Crippen LogP contribution in [0.1, 0.15) is 6.42 Å². The predicted octanol–water partition coefficient (Wildman–Crippen LogP) is 4.59. The van der Waals surface area contributed by atoms with Crippen LogP contribution >= 0.6 is 0 Å². The van der Waals surface area contributed by atoms with Crippen molar-refractivity contribution in [3.05, 3.63) is 60.7 Å². The van der Waals surface area contributed by atoms with Crippen molar-refractivity contribution in [3.8, 4) is 11.5 Å². The Hall–Kier alpha value is -4.00. The SMILES string of the molecule is COc1ccc(NC(=O)C2CCN(c3cc4oc5ccccc5c4cc3OC)C2=O)cc1. The van der Waals surface area contributed by atoms with Crippen LogP contribution in [-0.2, 0) is 9.59 Å². The molecule has 0 aliphatic carbocycles. The third kappa shape index (κ3) is 3.32. The fourth-order valence-corrected chi connectivity index (χ4v) is 4.18. The molecule has 1 saturated heterocycles. The predicted molar refractivity (Wildman–Crippen MR) is 122 cm³/mol. The molecule has 1 atom stereocenters. The second kappa shape index (κ2) is 7.92. The van der Waals surface area contributed by atoms with Crippen LogP contribution in [-0.4, -0.2) is 32.6 Å². The zero-order chi connectivity index (χ0) is 22.2. The van der Waals surface area contributed by atoms with E-state index in [4.69, 9.17) is 13.9 Å². The van der Waals surface area contributed by atoms with E-state index in [0.717, 1.165) is 16.4 Å². The summed E-state index contributed by atoms with van der Waals surface area (Å²) in [7, 11) is 3.15. The minimum atomic E-state index is -0.770. The number of para-hydroxylation sites is 1. The van der Waals surface area contributed by atoms with Gasteiger partial charge in [0.1, 0.15) is 28.6 Å². The van der Waals surface area contributed by atoms with Crippen LogP contribution in [0.25, 0.3) is 21.9 Å². The van der Waals surface area contributed by atoms with Gasteiger partial charge in [-0.3, -0.25) is 9.59 Å². The molecule has 32 heavy (non-hydrogen) atoms. The van der Waals surface area contributed by atoms with Crippen LogP contribution in [0.4, 0.5) is 11.4 Å². The monoisotopic (exact) mass is 430 g/mol. The number of carbonyl (C=O) groups is 2. The largest absolute Gasteiger partial charge is 0.497 e. The van der Waals surface area contributed by atoms with Gasteiger partial charge in [-0.25, -0.2) is 0 Å². The smallest absolute Gasteiger partial charge is 0.239 e. The number of hydrogen-bond acceptors (Lipinski definition) is 5. The molecule has 0 radical (unpaired) electrons. The Balaban J connectivity index is 1.42. The van der Waals surface area contributed by atoms with Gasteiger partial charge in [0.25, 0.3) is 0 Å². The number of carbonyl (C=O) groups excluding carboxylic acids is 2. The van der Waals surface area contributed by atoms with Gasteiger partial charge in [0.2, 0.25) is 11.8 Å². The summed E-state index contributed by atoms with van der Waals surface area (Å²) < 4.78 is 16.7. The number of rotatable bonds is 5. The molecule has 7 nitrogen and oxygen atoms in total. The number of furan rings is 1.